The third-order valence-corrected chi connectivity index (χ3v) is 14.2. The van der Waals surface area contributed by atoms with Crippen LogP contribution in [0, 0.1) is 11.8 Å². The summed E-state index contributed by atoms with van der Waals surface area (Å²) in [6, 6.07) is 0.199. The average molecular weight is 934 g/mol. The van der Waals surface area contributed by atoms with Crippen molar-refractivity contribution in [2.24, 2.45) is 11.8 Å². The van der Waals surface area contributed by atoms with Gasteiger partial charge >= 0.3 is 11.9 Å². The molecule has 392 valence electrons. The van der Waals surface area contributed by atoms with Crippen LogP contribution in [0.2, 0.25) is 0 Å². The van der Waals surface area contributed by atoms with E-state index in [1.807, 2.05) is 0 Å². The summed E-state index contributed by atoms with van der Waals surface area (Å²) in [6.07, 6.45) is 47.8. The van der Waals surface area contributed by atoms with E-state index < -0.39 is 0 Å². The average Bonchev–Trinajstić information content (AvgIpc) is 3.30. The number of carbonyl (C=O) groups excluding carboxylic acids is 3. The largest absolute Gasteiger partial charge is 0.465 e. The number of amides is 1. The molecule has 0 aliphatic heterocycles. The second-order valence-corrected chi connectivity index (χ2v) is 21.0. The number of carbonyl (C=O) groups is 3. The van der Waals surface area contributed by atoms with E-state index >= 15 is 0 Å². The van der Waals surface area contributed by atoms with E-state index in [2.05, 4.69) is 58.5 Å². The van der Waals surface area contributed by atoms with Gasteiger partial charge in [-0.1, -0.05) is 221 Å². The Morgan fingerprint density at radius 3 is 1.03 bits per heavy atom. The fourth-order valence-electron chi connectivity index (χ4n) is 9.71. The molecule has 0 fully saturated rings. The Morgan fingerprint density at radius 2 is 0.652 bits per heavy atom. The summed E-state index contributed by atoms with van der Waals surface area (Å²) in [6.45, 7) is 14.3. The number of hydrogen-bond donors (Lipinski definition) is 0. The number of nitrogens with zero attached hydrogens (tertiary/aromatic N) is 2. The monoisotopic (exact) mass is 933 g/mol. The minimum Gasteiger partial charge on any atom is -0.465 e. The van der Waals surface area contributed by atoms with Crippen LogP contribution >= 0.6 is 0 Å². The maximum atomic E-state index is 14.0. The summed E-state index contributed by atoms with van der Waals surface area (Å²) in [5, 5.41) is 0. The number of esters is 2. The van der Waals surface area contributed by atoms with Crippen LogP contribution in [-0.4, -0.2) is 74.1 Å². The van der Waals surface area contributed by atoms with Gasteiger partial charge in [0.25, 0.3) is 0 Å². The molecule has 1 amide bonds. The zero-order valence-corrected chi connectivity index (χ0v) is 45.7. The van der Waals surface area contributed by atoms with Gasteiger partial charge < -0.3 is 19.3 Å². The van der Waals surface area contributed by atoms with Crippen LogP contribution in [0.5, 0.6) is 0 Å². The molecule has 3 atom stereocenters. The van der Waals surface area contributed by atoms with E-state index in [0.29, 0.717) is 50.2 Å². The molecule has 0 aromatic carbocycles. The zero-order chi connectivity index (χ0) is 48.6. The third kappa shape index (κ3) is 42.5. The zero-order valence-electron chi connectivity index (χ0n) is 45.7. The summed E-state index contributed by atoms with van der Waals surface area (Å²) >= 11 is 0. The molecule has 0 aromatic heterocycles. The van der Waals surface area contributed by atoms with Crippen molar-refractivity contribution in [3.8, 4) is 0 Å². The highest BCUT2D eigenvalue weighted by molar-refractivity contribution is 5.76. The van der Waals surface area contributed by atoms with Gasteiger partial charge in [0.05, 0.1) is 13.2 Å². The molecular formula is C59H116N2O5. The lowest BCUT2D eigenvalue weighted by molar-refractivity contribution is -0.146. The Kier molecular flexibility index (Phi) is 48.6. The fraction of sp³-hybridized carbons (Fsp3) is 0.949. The fourth-order valence-corrected chi connectivity index (χ4v) is 9.71. The Labute approximate surface area is 412 Å². The van der Waals surface area contributed by atoms with Gasteiger partial charge in [0, 0.05) is 31.8 Å². The predicted molar refractivity (Wildman–Crippen MR) is 285 cm³/mol. The van der Waals surface area contributed by atoms with Crippen LogP contribution in [0.15, 0.2) is 0 Å². The molecule has 0 N–H and O–H groups in total. The molecule has 0 aliphatic carbocycles. The maximum Gasteiger partial charge on any atom is 0.305 e. The molecule has 0 saturated carbocycles. The lowest BCUT2D eigenvalue weighted by Crippen LogP contribution is -2.41. The molecule has 0 saturated heterocycles. The lowest BCUT2D eigenvalue weighted by Gasteiger charge is -2.33. The summed E-state index contributed by atoms with van der Waals surface area (Å²) in [7, 11) is 4.22. The van der Waals surface area contributed by atoms with Crippen molar-refractivity contribution in [3.63, 3.8) is 0 Å². The van der Waals surface area contributed by atoms with E-state index in [1.165, 1.54) is 180 Å². The Bertz CT molecular complexity index is 1050. The molecule has 3 unspecified atom stereocenters. The second-order valence-electron chi connectivity index (χ2n) is 21.0. The molecule has 0 heterocycles. The van der Waals surface area contributed by atoms with Gasteiger partial charge in [-0.05, 0) is 96.7 Å². The molecule has 7 heteroatoms. The van der Waals surface area contributed by atoms with E-state index in [0.717, 1.165) is 83.7 Å². The Hall–Kier alpha value is -1.63. The first-order valence-corrected chi connectivity index (χ1v) is 29.5. The second kappa shape index (κ2) is 49.8. The molecule has 0 radical (unpaired) electrons. The summed E-state index contributed by atoms with van der Waals surface area (Å²) in [4.78, 5) is 44.4. The van der Waals surface area contributed by atoms with Crippen molar-refractivity contribution in [2.45, 2.75) is 310 Å². The molecule has 0 spiro atoms. The molecule has 0 aliphatic rings. The summed E-state index contributed by atoms with van der Waals surface area (Å²) < 4.78 is 11.9. The quantitative estimate of drug-likeness (QED) is 0.0447. The van der Waals surface area contributed by atoms with Gasteiger partial charge in [0.2, 0.25) is 5.91 Å². The topological polar surface area (TPSA) is 76.2 Å². The summed E-state index contributed by atoms with van der Waals surface area (Å²) in [5.41, 5.74) is 0. The van der Waals surface area contributed by atoms with Gasteiger partial charge in [-0.15, -0.1) is 0 Å². The van der Waals surface area contributed by atoms with Crippen LogP contribution < -0.4 is 0 Å². The van der Waals surface area contributed by atoms with Gasteiger partial charge in [-0.2, -0.15) is 0 Å². The smallest absolute Gasteiger partial charge is 0.305 e. The van der Waals surface area contributed by atoms with Crippen LogP contribution in [0.3, 0.4) is 0 Å². The van der Waals surface area contributed by atoms with Gasteiger partial charge in [-0.25, -0.2) is 0 Å². The number of rotatable bonds is 52. The molecule has 0 aromatic rings. The highest BCUT2D eigenvalue weighted by Gasteiger charge is 2.23. The standard InChI is InChI=1S/C59H116N2O5/c1-8-13-18-23-27-33-43-54(41-31-22-17-12-5)52-65-58(63)48-38-29-35-45-56(61(51-40-50-60(6)7)57(62)47-37-26-21-16-11-4)46-36-30-39-49-59(64)66-53-55(42-32-25-20-15-10-3)44-34-28-24-19-14-9-2/h54-56H,8-53H2,1-7H3. The molecule has 7 nitrogen and oxygen atoms in total. The first-order valence-electron chi connectivity index (χ1n) is 29.5. The van der Waals surface area contributed by atoms with E-state index in [-0.39, 0.29) is 18.0 Å². The van der Waals surface area contributed by atoms with Crippen molar-refractivity contribution in [1.82, 2.24) is 9.80 Å². The van der Waals surface area contributed by atoms with Crippen molar-refractivity contribution in [1.29, 1.82) is 0 Å². The molecular weight excluding hydrogens is 817 g/mol. The van der Waals surface area contributed by atoms with Crippen LogP contribution in [0.4, 0.5) is 0 Å². The molecule has 66 heavy (non-hydrogen) atoms. The highest BCUT2D eigenvalue weighted by Crippen LogP contribution is 2.24. The van der Waals surface area contributed by atoms with E-state index in [9.17, 15) is 14.4 Å². The number of hydrogen-bond acceptors (Lipinski definition) is 6. The van der Waals surface area contributed by atoms with E-state index in [1.54, 1.807) is 0 Å². The van der Waals surface area contributed by atoms with Crippen LogP contribution in [0.1, 0.15) is 304 Å². The Morgan fingerprint density at radius 1 is 0.348 bits per heavy atom. The predicted octanol–water partition coefficient (Wildman–Crippen LogP) is 17.5. The van der Waals surface area contributed by atoms with Crippen molar-refractivity contribution >= 4 is 17.8 Å². The number of ether oxygens (including phenoxy) is 2. The van der Waals surface area contributed by atoms with Crippen LogP contribution in [-0.2, 0) is 23.9 Å². The normalized spacial score (nSPS) is 13.0. The van der Waals surface area contributed by atoms with Crippen molar-refractivity contribution in [2.75, 3.05) is 40.4 Å². The minimum absolute atomic E-state index is 0.0344. The highest BCUT2D eigenvalue weighted by atomic mass is 16.5. The SMILES string of the molecule is CCCCCCCCC(CCCCCC)COC(=O)CCCCCC(CCCCCC(=O)OCC(CCCCCCC)CCCCCCCC)N(CCCN(C)C)C(=O)CCCCCCC. The van der Waals surface area contributed by atoms with Crippen molar-refractivity contribution < 1.29 is 23.9 Å². The molecule has 0 rings (SSSR count). The maximum absolute atomic E-state index is 14.0. The van der Waals surface area contributed by atoms with Crippen LogP contribution in [0.25, 0.3) is 0 Å². The first kappa shape index (κ1) is 64.4. The number of unbranched alkanes of at least 4 members (excludes halogenated alkanes) is 25. The Balaban J connectivity index is 5.31. The van der Waals surface area contributed by atoms with Gasteiger partial charge in [-0.3, -0.25) is 14.4 Å². The lowest BCUT2D eigenvalue weighted by atomic mass is 9.95. The minimum atomic E-state index is -0.0362. The van der Waals surface area contributed by atoms with E-state index in [4.69, 9.17) is 9.47 Å². The van der Waals surface area contributed by atoms with Gasteiger partial charge in [0.15, 0.2) is 0 Å². The third-order valence-electron chi connectivity index (χ3n) is 14.2. The molecule has 0 bridgehead atoms. The summed E-state index contributed by atoms with van der Waals surface area (Å²) in [5.74, 6) is 1.23. The first-order chi connectivity index (χ1) is 32.2. The van der Waals surface area contributed by atoms with Crippen molar-refractivity contribution in [3.05, 3.63) is 0 Å². The van der Waals surface area contributed by atoms with Gasteiger partial charge in [0.1, 0.15) is 0 Å².